The van der Waals surface area contributed by atoms with Crippen LogP contribution in [0.2, 0.25) is 5.02 Å². The Labute approximate surface area is 209 Å². The first kappa shape index (κ1) is 25.2. The predicted molar refractivity (Wildman–Crippen MR) is 137 cm³/mol. The van der Waals surface area contributed by atoms with Crippen LogP contribution in [0.5, 0.6) is 0 Å². The predicted octanol–water partition coefficient (Wildman–Crippen LogP) is 5.29. The molecule has 0 radical (unpaired) electrons. The number of benzene rings is 1. The summed E-state index contributed by atoms with van der Waals surface area (Å²) in [5.74, 6) is 1.84. The van der Waals surface area contributed by atoms with Gasteiger partial charge >= 0.3 is 0 Å². The first-order valence-corrected chi connectivity index (χ1v) is 13.4. The Hall–Kier alpha value is -1.89. The molecule has 2 fully saturated rings. The van der Waals surface area contributed by atoms with Crippen molar-refractivity contribution in [3.05, 3.63) is 40.7 Å². The van der Waals surface area contributed by atoms with Gasteiger partial charge in [-0.05, 0) is 89.3 Å². The van der Waals surface area contributed by atoms with Gasteiger partial charge in [0.15, 0.2) is 0 Å². The van der Waals surface area contributed by atoms with Gasteiger partial charge in [-0.3, -0.25) is 9.69 Å². The summed E-state index contributed by atoms with van der Waals surface area (Å²) in [4.78, 5) is 22.4. The summed E-state index contributed by atoms with van der Waals surface area (Å²) >= 11 is 5.99. The van der Waals surface area contributed by atoms with Crippen LogP contribution in [0.4, 0.5) is 0 Å². The summed E-state index contributed by atoms with van der Waals surface area (Å²) in [6.07, 6.45) is 8.09. The first-order valence-electron chi connectivity index (χ1n) is 13.0. The summed E-state index contributed by atoms with van der Waals surface area (Å²) in [6, 6.07) is 8.29. The van der Waals surface area contributed by atoms with Gasteiger partial charge in [0, 0.05) is 42.2 Å². The number of halogens is 1. The van der Waals surface area contributed by atoms with Crippen molar-refractivity contribution in [2.45, 2.75) is 71.4 Å². The van der Waals surface area contributed by atoms with Gasteiger partial charge in [-0.25, -0.2) is 4.98 Å². The maximum atomic E-state index is 12.7. The average Bonchev–Trinajstić information content (AvgIpc) is 3.22. The zero-order chi connectivity index (χ0) is 23.9. The molecular weight excluding hydrogens is 448 g/mol. The lowest BCUT2D eigenvalue weighted by Gasteiger charge is -2.35. The SMILES string of the molecule is CC[C@H]1CCCCN1CCCNC(=O)C1CCN(Cc2nc(-c3ccc(Cl)cc3)oc2C)CC1. The van der Waals surface area contributed by atoms with Gasteiger partial charge in [-0.15, -0.1) is 0 Å². The van der Waals surface area contributed by atoms with Gasteiger partial charge in [0.2, 0.25) is 11.8 Å². The van der Waals surface area contributed by atoms with Crippen LogP contribution in [-0.2, 0) is 11.3 Å². The summed E-state index contributed by atoms with van der Waals surface area (Å²) < 4.78 is 5.91. The minimum Gasteiger partial charge on any atom is -0.441 e. The number of nitrogens with one attached hydrogen (secondary N) is 1. The molecule has 0 unspecified atom stereocenters. The molecule has 3 heterocycles. The number of carbonyl (C=O) groups is 1. The highest BCUT2D eigenvalue weighted by atomic mass is 35.5. The molecule has 2 saturated heterocycles. The van der Waals surface area contributed by atoms with Gasteiger partial charge in [0.25, 0.3) is 0 Å². The number of aromatic nitrogens is 1. The number of piperidine rings is 2. The molecule has 0 bridgehead atoms. The molecule has 0 saturated carbocycles. The van der Waals surface area contributed by atoms with Gasteiger partial charge in [0.1, 0.15) is 5.76 Å². The second-order valence-corrected chi connectivity index (χ2v) is 10.3. The Bertz CT molecular complexity index is 921. The van der Waals surface area contributed by atoms with E-state index in [0.717, 1.165) is 75.0 Å². The zero-order valence-corrected chi connectivity index (χ0v) is 21.4. The van der Waals surface area contributed by atoms with Crippen molar-refractivity contribution < 1.29 is 9.21 Å². The number of hydrogen-bond donors (Lipinski definition) is 1. The van der Waals surface area contributed by atoms with Gasteiger partial charge in [0.05, 0.1) is 5.69 Å². The minimum atomic E-state index is 0.123. The van der Waals surface area contributed by atoms with E-state index in [4.69, 9.17) is 21.0 Å². The highest BCUT2D eigenvalue weighted by Gasteiger charge is 2.26. The molecule has 1 N–H and O–H groups in total. The number of rotatable bonds is 9. The van der Waals surface area contributed by atoms with E-state index in [1.165, 1.54) is 32.2 Å². The van der Waals surface area contributed by atoms with Crippen molar-refractivity contribution in [3.8, 4) is 11.5 Å². The molecule has 2 aromatic rings. The lowest BCUT2D eigenvalue weighted by molar-refractivity contribution is -0.126. The Balaban J connectivity index is 1.18. The smallest absolute Gasteiger partial charge is 0.226 e. The highest BCUT2D eigenvalue weighted by Crippen LogP contribution is 2.26. The molecule has 0 aliphatic carbocycles. The molecule has 34 heavy (non-hydrogen) atoms. The molecule has 1 atom stereocenters. The molecule has 1 aromatic carbocycles. The van der Waals surface area contributed by atoms with Crippen molar-refractivity contribution in [2.24, 2.45) is 5.92 Å². The van der Waals surface area contributed by atoms with Crippen molar-refractivity contribution >= 4 is 17.5 Å². The van der Waals surface area contributed by atoms with Crippen LogP contribution in [0.1, 0.15) is 63.3 Å². The van der Waals surface area contributed by atoms with E-state index in [0.29, 0.717) is 10.9 Å². The summed E-state index contributed by atoms with van der Waals surface area (Å²) in [5, 5.41) is 3.90. The summed E-state index contributed by atoms with van der Waals surface area (Å²) in [7, 11) is 0. The fourth-order valence-electron chi connectivity index (χ4n) is 5.31. The third kappa shape index (κ3) is 6.61. The van der Waals surface area contributed by atoms with E-state index in [-0.39, 0.29) is 11.8 Å². The summed E-state index contributed by atoms with van der Waals surface area (Å²) in [5.41, 5.74) is 1.90. The van der Waals surface area contributed by atoms with E-state index < -0.39 is 0 Å². The normalized spacial score (nSPS) is 20.5. The van der Waals surface area contributed by atoms with Gasteiger partial charge in [-0.2, -0.15) is 0 Å². The minimum absolute atomic E-state index is 0.123. The van der Waals surface area contributed by atoms with Crippen LogP contribution in [-0.4, -0.2) is 59.5 Å². The number of oxazole rings is 1. The van der Waals surface area contributed by atoms with E-state index in [9.17, 15) is 4.79 Å². The molecule has 186 valence electrons. The third-order valence-corrected chi connectivity index (χ3v) is 7.71. The second kappa shape index (κ2) is 12.2. The molecule has 0 spiro atoms. The van der Waals surface area contributed by atoms with E-state index in [1.54, 1.807) is 0 Å². The Morgan fingerprint density at radius 1 is 1.15 bits per heavy atom. The quantitative estimate of drug-likeness (QED) is 0.488. The second-order valence-electron chi connectivity index (χ2n) is 9.82. The highest BCUT2D eigenvalue weighted by molar-refractivity contribution is 6.30. The molecule has 1 aromatic heterocycles. The number of carbonyl (C=O) groups excluding carboxylic acids is 1. The van der Waals surface area contributed by atoms with Crippen molar-refractivity contribution in [1.82, 2.24) is 20.1 Å². The summed E-state index contributed by atoms with van der Waals surface area (Å²) in [6.45, 7) is 9.94. The number of hydrogen-bond acceptors (Lipinski definition) is 5. The standard InChI is InChI=1S/C27H39ClN4O2/c1-3-24-7-4-5-15-32(24)16-6-14-29-26(33)21-12-17-31(18-13-21)19-25-20(2)34-27(30-25)22-8-10-23(28)11-9-22/h8-11,21,24H,3-7,12-19H2,1-2H3,(H,29,33)/t24-/m0/s1. The molecule has 7 heteroatoms. The van der Waals surface area contributed by atoms with Crippen LogP contribution in [0.15, 0.2) is 28.7 Å². The Kier molecular flexibility index (Phi) is 9.04. The van der Waals surface area contributed by atoms with E-state index in [2.05, 4.69) is 22.0 Å². The number of aryl methyl sites for hydroxylation is 1. The largest absolute Gasteiger partial charge is 0.441 e. The van der Waals surface area contributed by atoms with Crippen LogP contribution < -0.4 is 5.32 Å². The van der Waals surface area contributed by atoms with Crippen LogP contribution in [0.25, 0.3) is 11.5 Å². The Morgan fingerprint density at radius 2 is 1.91 bits per heavy atom. The number of amides is 1. The van der Waals surface area contributed by atoms with Crippen molar-refractivity contribution in [2.75, 3.05) is 32.7 Å². The lowest BCUT2D eigenvalue weighted by atomic mass is 9.95. The maximum Gasteiger partial charge on any atom is 0.226 e. The third-order valence-electron chi connectivity index (χ3n) is 7.46. The van der Waals surface area contributed by atoms with Crippen molar-refractivity contribution in [3.63, 3.8) is 0 Å². The van der Waals surface area contributed by atoms with E-state index >= 15 is 0 Å². The molecule has 1 amide bonds. The number of nitrogens with zero attached hydrogens (tertiary/aromatic N) is 3. The fourth-order valence-corrected chi connectivity index (χ4v) is 5.44. The molecule has 6 nitrogen and oxygen atoms in total. The average molecular weight is 487 g/mol. The first-order chi connectivity index (χ1) is 16.5. The van der Waals surface area contributed by atoms with Gasteiger partial charge < -0.3 is 14.6 Å². The molecule has 4 rings (SSSR count). The molecule has 2 aliphatic heterocycles. The maximum absolute atomic E-state index is 12.7. The molecular formula is C27H39ClN4O2. The fraction of sp³-hybridized carbons (Fsp3) is 0.630. The zero-order valence-electron chi connectivity index (χ0n) is 20.7. The Morgan fingerprint density at radius 3 is 2.65 bits per heavy atom. The lowest BCUT2D eigenvalue weighted by Crippen LogP contribution is -2.42. The van der Waals surface area contributed by atoms with Gasteiger partial charge in [-0.1, -0.05) is 24.9 Å². The van der Waals surface area contributed by atoms with Crippen LogP contribution >= 0.6 is 11.6 Å². The topological polar surface area (TPSA) is 61.6 Å². The number of likely N-dealkylation sites (tertiary alicyclic amines) is 2. The van der Waals surface area contributed by atoms with E-state index in [1.807, 2.05) is 31.2 Å². The van der Waals surface area contributed by atoms with Crippen LogP contribution in [0.3, 0.4) is 0 Å². The monoisotopic (exact) mass is 486 g/mol. The van der Waals surface area contributed by atoms with Crippen LogP contribution in [0, 0.1) is 12.8 Å². The van der Waals surface area contributed by atoms with Crippen molar-refractivity contribution in [1.29, 1.82) is 0 Å². The molecule has 2 aliphatic rings.